The third-order valence-corrected chi connectivity index (χ3v) is 3.33. The number of furan rings is 1. The minimum Gasteiger partial charge on any atom is -0.444 e. The molecular weight excluding hydrogens is 278 g/mol. The number of nitriles is 1. The third kappa shape index (κ3) is 1.98. The summed E-state index contributed by atoms with van der Waals surface area (Å²) in [5.41, 5.74) is 2.79. The van der Waals surface area contributed by atoms with Crippen molar-refractivity contribution in [2.24, 2.45) is 0 Å². The molecule has 2 rings (SSSR count). The number of rotatable bonds is 0. The summed E-state index contributed by atoms with van der Waals surface area (Å²) in [6.07, 6.45) is 0. The molecule has 0 saturated carbocycles. The molecule has 2 nitrogen and oxygen atoms in total. The Labute approximate surface area is 109 Å². The maximum atomic E-state index is 9.18. The Bertz CT molecular complexity index is 626. The Balaban J connectivity index is 2.95. The second kappa shape index (κ2) is 3.89. The van der Waals surface area contributed by atoms with E-state index < -0.39 is 0 Å². The topological polar surface area (TPSA) is 36.9 Å². The lowest BCUT2D eigenvalue weighted by molar-refractivity contribution is 0.545. The van der Waals surface area contributed by atoms with Gasteiger partial charge in [0.25, 0.3) is 0 Å². The first kappa shape index (κ1) is 12.2. The number of aryl methyl sites for hydroxylation is 1. The summed E-state index contributed by atoms with van der Waals surface area (Å²) in [6, 6.07) is 6.22. The fourth-order valence-corrected chi connectivity index (χ4v) is 2.77. The average Bonchev–Trinajstić information content (AvgIpc) is 2.55. The number of hydrogen-bond donors (Lipinski definition) is 0. The van der Waals surface area contributed by atoms with Crippen molar-refractivity contribution in [3.05, 3.63) is 33.5 Å². The molecule has 1 heterocycles. The first-order chi connectivity index (χ1) is 7.84. The molecule has 3 heteroatoms. The number of benzene rings is 1. The molecule has 1 aromatic heterocycles. The molecule has 0 amide bonds. The van der Waals surface area contributed by atoms with Gasteiger partial charge in [-0.2, -0.15) is 5.26 Å². The van der Waals surface area contributed by atoms with E-state index in [0.717, 1.165) is 26.6 Å². The van der Waals surface area contributed by atoms with Gasteiger partial charge in [0, 0.05) is 10.9 Å². The average molecular weight is 292 g/mol. The minimum absolute atomic E-state index is 0.108. The molecule has 0 aliphatic carbocycles. The van der Waals surface area contributed by atoms with Crippen molar-refractivity contribution in [1.29, 1.82) is 5.26 Å². The summed E-state index contributed by atoms with van der Waals surface area (Å²) in [6.45, 7) is 8.31. The van der Waals surface area contributed by atoms with Gasteiger partial charge in [0.05, 0.1) is 4.47 Å². The fraction of sp³-hybridized carbons (Fsp3) is 0.357. The van der Waals surface area contributed by atoms with E-state index in [4.69, 9.17) is 4.42 Å². The normalized spacial score (nSPS) is 11.8. The van der Waals surface area contributed by atoms with Crippen LogP contribution in [0.15, 0.2) is 21.0 Å². The Morgan fingerprint density at radius 3 is 2.47 bits per heavy atom. The molecule has 17 heavy (non-hydrogen) atoms. The molecule has 0 saturated heterocycles. The number of halogens is 1. The van der Waals surface area contributed by atoms with E-state index in [1.807, 2.05) is 13.0 Å². The van der Waals surface area contributed by atoms with Crippen LogP contribution in [0.1, 0.15) is 37.7 Å². The van der Waals surface area contributed by atoms with Crippen LogP contribution in [-0.4, -0.2) is 0 Å². The highest BCUT2D eigenvalue weighted by atomic mass is 79.9. The van der Waals surface area contributed by atoms with E-state index in [9.17, 15) is 5.26 Å². The molecule has 1 aromatic carbocycles. The maximum Gasteiger partial charge on any atom is 0.208 e. The van der Waals surface area contributed by atoms with Crippen molar-refractivity contribution < 1.29 is 4.42 Å². The summed E-state index contributed by atoms with van der Waals surface area (Å²) in [5.74, 6) is 0.416. The molecule has 0 atom stereocenters. The largest absolute Gasteiger partial charge is 0.444 e. The molecule has 0 N–H and O–H groups in total. The Morgan fingerprint density at radius 1 is 1.29 bits per heavy atom. The van der Waals surface area contributed by atoms with Crippen LogP contribution < -0.4 is 0 Å². The monoisotopic (exact) mass is 291 g/mol. The van der Waals surface area contributed by atoms with Crippen molar-refractivity contribution >= 4 is 26.9 Å². The van der Waals surface area contributed by atoms with E-state index in [1.165, 1.54) is 0 Å². The Hall–Kier alpha value is -1.27. The molecule has 0 aliphatic heterocycles. The molecule has 2 aromatic rings. The molecule has 0 fully saturated rings. The zero-order chi connectivity index (χ0) is 12.8. The van der Waals surface area contributed by atoms with E-state index in [0.29, 0.717) is 5.76 Å². The molecule has 0 aliphatic rings. The van der Waals surface area contributed by atoms with Gasteiger partial charge < -0.3 is 4.42 Å². The van der Waals surface area contributed by atoms with Gasteiger partial charge in [-0.3, -0.25) is 0 Å². The molecular formula is C14H14BrNO. The maximum absolute atomic E-state index is 9.18. The van der Waals surface area contributed by atoms with Crippen LogP contribution >= 0.6 is 15.9 Å². The lowest BCUT2D eigenvalue weighted by Gasteiger charge is -2.17. The summed E-state index contributed by atoms with van der Waals surface area (Å²) >= 11 is 3.49. The highest BCUT2D eigenvalue weighted by Crippen LogP contribution is 2.38. The van der Waals surface area contributed by atoms with Gasteiger partial charge in [-0.25, -0.2) is 0 Å². The van der Waals surface area contributed by atoms with Crippen LogP contribution in [0, 0.1) is 18.3 Å². The predicted octanol–water partition coefficient (Wildman–Crippen LogP) is 4.67. The summed E-state index contributed by atoms with van der Waals surface area (Å²) in [7, 11) is 0. The second-order valence-electron chi connectivity index (χ2n) is 5.29. The zero-order valence-corrected chi connectivity index (χ0v) is 12.0. The Kier molecular flexibility index (Phi) is 2.79. The van der Waals surface area contributed by atoms with E-state index in [-0.39, 0.29) is 5.41 Å². The van der Waals surface area contributed by atoms with E-state index in [2.05, 4.69) is 48.8 Å². The van der Waals surface area contributed by atoms with Crippen LogP contribution in [0.2, 0.25) is 0 Å². The van der Waals surface area contributed by atoms with Crippen molar-refractivity contribution in [1.82, 2.24) is 0 Å². The van der Waals surface area contributed by atoms with Crippen LogP contribution in [0.25, 0.3) is 11.0 Å². The van der Waals surface area contributed by atoms with Crippen molar-refractivity contribution in [3.63, 3.8) is 0 Å². The first-order valence-electron chi connectivity index (χ1n) is 5.48. The predicted molar refractivity (Wildman–Crippen MR) is 72.1 cm³/mol. The van der Waals surface area contributed by atoms with Gasteiger partial charge in [-0.1, -0.05) is 20.8 Å². The van der Waals surface area contributed by atoms with Gasteiger partial charge in [0.15, 0.2) is 0 Å². The lowest BCUT2D eigenvalue weighted by Crippen LogP contribution is -2.12. The lowest BCUT2D eigenvalue weighted by atomic mass is 9.85. The first-order valence-corrected chi connectivity index (χ1v) is 6.27. The number of hydrogen-bond acceptors (Lipinski definition) is 2. The van der Waals surface area contributed by atoms with Gasteiger partial charge in [0.2, 0.25) is 5.76 Å². The standard InChI is InChI=1S/C14H14BrNO/c1-8-5-9-12(14(2,3)4)11(7-16)17-13(9)10(15)6-8/h5-6H,1-4H3. The van der Waals surface area contributed by atoms with E-state index in [1.54, 1.807) is 0 Å². The van der Waals surface area contributed by atoms with Crippen LogP contribution in [0.5, 0.6) is 0 Å². The van der Waals surface area contributed by atoms with E-state index >= 15 is 0 Å². The Morgan fingerprint density at radius 2 is 1.94 bits per heavy atom. The summed E-state index contributed by atoms with van der Waals surface area (Å²) in [4.78, 5) is 0. The van der Waals surface area contributed by atoms with Crippen molar-refractivity contribution in [2.75, 3.05) is 0 Å². The molecule has 0 spiro atoms. The third-order valence-electron chi connectivity index (χ3n) is 2.74. The highest BCUT2D eigenvalue weighted by Gasteiger charge is 2.26. The van der Waals surface area contributed by atoms with Gasteiger partial charge >= 0.3 is 0 Å². The number of nitrogens with zero attached hydrogens (tertiary/aromatic N) is 1. The molecule has 0 bridgehead atoms. The van der Waals surface area contributed by atoms with Gasteiger partial charge in [-0.15, -0.1) is 0 Å². The van der Waals surface area contributed by atoms with Crippen LogP contribution in [0.4, 0.5) is 0 Å². The van der Waals surface area contributed by atoms with Crippen molar-refractivity contribution in [3.8, 4) is 6.07 Å². The minimum atomic E-state index is -0.108. The summed E-state index contributed by atoms with van der Waals surface area (Å²) < 4.78 is 6.55. The molecule has 0 radical (unpaired) electrons. The SMILES string of the molecule is Cc1cc(Br)c2oc(C#N)c(C(C)(C)C)c2c1. The van der Waals surface area contributed by atoms with Gasteiger partial charge in [-0.05, 0) is 46.0 Å². The zero-order valence-electron chi connectivity index (χ0n) is 10.4. The van der Waals surface area contributed by atoms with Gasteiger partial charge in [0.1, 0.15) is 11.7 Å². The van der Waals surface area contributed by atoms with Crippen molar-refractivity contribution in [2.45, 2.75) is 33.1 Å². The summed E-state index contributed by atoms with van der Waals surface area (Å²) in [5, 5.41) is 10.2. The quantitative estimate of drug-likeness (QED) is 0.707. The second-order valence-corrected chi connectivity index (χ2v) is 6.15. The fourth-order valence-electron chi connectivity index (χ4n) is 2.12. The van der Waals surface area contributed by atoms with Crippen LogP contribution in [-0.2, 0) is 5.41 Å². The number of fused-ring (bicyclic) bond motifs is 1. The smallest absolute Gasteiger partial charge is 0.208 e. The van der Waals surface area contributed by atoms with Crippen LogP contribution in [0.3, 0.4) is 0 Å². The highest BCUT2D eigenvalue weighted by molar-refractivity contribution is 9.10. The molecule has 88 valence electrons. The molecule has 0 unspecified atom stereocenters.